The van der Waals surface area contributed by atoms with Crippen LogP contribution in [0.5, 0.6) is 0 Å². The average Bonchev–Trinajstić information content (AvgIpc) is 2.45. The molecule has 0 aliphatic rings. The number of nitrogens with zero attached hydrogens (tertiary/aromatic N) is 1. The summed E-state index contributed by atoms with van der Waals surface area (Å²) in [6.45, 7) is 9.72. The predicted molar refractivity (Wildman–Crippen MR) is 87.9 cm³/mol. The van der Waals surface area contributed by atoms with Gasteiger partial charge in [0, 0.05) is 19.4 Å². The largest absolute Gasteiger partial charge is 0.396 e. The molecule has 0 aliphatic carbocycles. The van der Waals surface area contributed by atoms with Crippen LogP contribution in [0.1, 0.15) is 44.7 Å². The molecule has 0 aromatic heterocycles. The van der Waals surface area contributed by atoms with Gasteiger partial charge >= 0.3 is 9.28 Å². The van der Waals surface area contributed by atoms with Crippen molar-refractivity contribution in [3.05, 3.63) is 35.4 Å². The molecule has 0 radical (unpaired) electrons. The monoisotopic (exact) mass is 293 g/mol. The van der Waals surface area contributed by atoms with Crippen molar-refractivity contribution in [3.63, 3.8) is 0 Å². The van der Waals surface area contributed by atoms with E-state index < -0.39 is 9.28 Å². The van der Waals surface area contributed by atoms with Crippen molar-refractivity contribution in [1.29, 1.82) is 0 Å². The van der Waals surface area contributed by atoms with Crippen molar-refractivity contribution >= 4 is 15.5 Å². The van der Waals surface area contributed by atoms with Crippen LogP contribution in [0.4, 0.5) is 0 Å². The van der Waals surface area contributed by atoms with Crippen LogP contribution in [0.2, 0.25) is 0 Å². The fraction of sp³-hybridized carbons (Fsp3) is 0.562. The molecule has 1 atom stereocenters. The van der Waals surface area contributed by atoms with Crippen LogP contribution in [-0.2, 0) is 8.85 Å². The number of benzene rings is 1. The van der Waals surface area contributed by atoms with E-state index in [4.69, 9.17) is 13.8 Å². The lowest BCUT2D eigenvalue weighted by atomic mass is 10.2. The van der Waals surface area contributed by atoms with Crippen molar-refractivity contribution in [3.8, 4) is 0 Å². The third kappa shape index (κ3) is 5.99. The van der Waals surface area contributed by atoms with Gasteiger partial charge in [0.1, 0.15) is 0 Å². The highest BCUT2D eigenvalue weighted by Gasteiger charge is 2.24. The Morgan fingerprint density at radius 2 is 1.70 bits per heavy atom. The van der Waals surface area contributed by atoms with Crippen LogP contribution in [0.3, 0.4) is 0 Å². The molecule has 1 aromatic carbocycles. The zero-order chi connectivity index (χ0) is 14.8. The van der Waals surface area contributed by atoms with Crippen LogP contribution in [0.15, 0.2) is 29.3 Å². The molecule has 0 amide bonds. The lowest BCUT2D eigenvalue weighted by Gasteiger charge is -2.21. The first-order chi connectivity index (χ1) is 9.71. The summed E-state index contributed by atoms with van der Waals surface area (Å²) < 4.78 is 11.6. The van der Waals surface area contributed by atoms with E-state index in [0.29, 0.717) is 13.2 Å². The molecule has 0 fully saturated rings. The third-order valence-electron chi connectivity index (χ3n) is 3.05. The minimum atomic E-state index is -1.72. The fourth-order valence-electron chi connectivity index (χ4n) is 2.01. The Morgan fingerprint density at radius 1 is 1.10 bits per heavy atom. The fourth-order valence-corrected chi connectivity index (χ4v) is 4.04. The van der Waals surface area contributed by atoms with E-state index in [1.54, 1.807) is 0 Å². The zero-order valence-corrected chi connectivity index (χ0v) is 14.3. The standard InChI is InChI=1S/C16H27NO2Si/c1-5-8-16(20(18-6-2)19-7-3)17-13-15-11-9-14(4)10-12-15/h9-13,16,20H,5-8H2,1-4H3. The Labute approximate surface area is 124 Å². The lowest BCUT2D eigenvalue weighted by Crippen LogP contribution is -2.36. The molecule has 0 aliphatic heterocycles. The molecule has 4 heteroatoms. The lowest BCUT2D eigenvalue weighted by molar-refractivity contribution is 0.203. The second-order valence-corrected chi connectivity index (χ2v) is 7.00. The summed E-state index contributed by atoms with van der Waals surface area (Å²) in [5.41, 5.74) is 2.60. The molecule has 20 heavy (non-hydrogen) atoms. The molecule has 0 saturated heterocycles. The molecule has 0 heterocycles. The van der Waals surface area contributed by atoms with E-state index in [1.807, 2.05) is 20.1 Å². The molecular weight excluding hydrogens is 266 g/mol. The maximum atomic E-state index is 5.81. The number of aliphatic imine (C=N–C) groups is 1. The Morgan fingerprint density at radius 3 is 2.20 bits per heavy atom. The smallest absolute Gasteiger partial charge is 0.346 e. The van der Waals surface area contributed by atoms with Crippen molar-refractivity contribution in [2.24, 2.45) is 4.99 Å². The molecule has 0 spiro atoms. The first-order valence-electron chi connectivity index (χ1n) is 7.54. The summed E-state index contributed by atoms with van der Waals surface area (Å²) in [6, 6.07) is 8.41. The highest BCUT2D eigenvalue weighted by atomic mass is 28.3. The normalized spacial score (nSPS) is 13.2. The second kappa shape index (κ2) is 9.86. The summed E-state index contributed by atoms with van der Waals surface area (Å²) in [7, 11) is -1.72. The Hall–Kier alpha value is -0.973. The van der Waals surface area contributed by atoms with Gasteiger partial charge in [-0.1, -0.05) is 43.2 Å². The van der Waals surface area contributed by atoms with E-state index >= 15 is 0 Å². The van der Waals surface area contributed by atoms with Gasteiger partial charge in [-0.05, 0) is 32.8 Å². The van der Waals surface area contributed by atoms with Gasteiger partial charge in [-0.25, -0.2) is 0 Å². The van der Waals surface area contributed by atoms with Crippen LogP contribution in [0.25, 0.3) is 0 Å². The van der Waals surface area contributed by atoms with Crippen LogP contribution < -0.4 is 0 Å². The Kier molecular flexibility index (Phi) is 8.42. The van der Waals surface area contributed by atoms with Crippen LogP contribution in [-0.4, -0.2) is 34.4 Å². The molecule has 3 nitrogen and oxygen atoms in total. The summed E-state index contributed by atoms with van der Waals surface area (Å²) in [4.78, 5) is 4.74. The van der Waals surface area contributed by atoms with Gasteiger partial charge in [0.2, 0.25) is 0 Å². The summed E-state index contributed by atoms with van der Waals surface area (Å²) in [5, 5.41) is 0. The number of rotatable bonds is 9. The van der Waals surface area contributed by atoms with Crippen molar-refractivity contribution in [2.45, 2.75) is 46.2 Å². The van der Waals surface area contributed by atoms with E-state index in [9.17, 15) is 0 Å². The maximum absolute atomic E-state index is 5.81. The summed E-state index contributed by atoms with van der Waals surface area (Å²) >= 11 is 0. The number of hydrogen-bond acceptors (Lipinski definition) is 3. The minimum absolute atomic E-state index is 0.196. The van der Waals surface area contributed by atoms with Crippen LogP contribution >= 0.6 is 0 Å². The van der Waals surface area contributed by atoms with Crippen molar-refractivity contribution in [1.82, 2.24) is 0 Å². The molecule has 0 N–H and O–H groups in total. The van der Waals surface area contributed by atoms with E-state index in [0.717, 1.165) is 18.4 Å². The van der Waals surface area contributed by atoms with E-state index in [1.165, 1.54) is 5.56 Å². The van der Waals surface area contributed by atoms with Gasteiger partial charge in [-0.3, -0.25) is 4.99 Å². The molecule has 1 rings (SSSR count). The highest BCUT2D eigenvalue weighted by Crippen LogP contribution is 2.10. The SMILES string of the molecule is CCCC(N=Cc1ccc(C)cc1)[SiH](OCC)OCC. The summed E-state index contributed by atoms with van der Waals surface area (Å²) in [6.07, 6.45) is 4.08. The van der Waals surface area contributed by atoms with Crippen LogP contribution in [0, 0.1) is 6.92 Å². The molecule has 0 bridgehead atoms. The molecule has 1 unspecified atom stereocenters. The molecular formula is C16H27NO2Si. The summed E-state index contributed by atoms with van der Waals surface area (Å²) in [5.74, 6) is 0. The highest BCUT2D eigenvalue weighted by molar-refractivity contribution is 6.46. The van der Waals surface area contributed by atoms with Gasteiger partial charge in [0.15, 0.2) is 0 Å². The topological polar surface area (TPSA) is 30.8 Å². The Balaban J connectivity index is 2.75. The maximum Gasteiger partial charge on any atom is 0.346 e. The zero-order valence-electron chi connectivity index (χ0n) is 13.1. The van der Waals surface area contributed by atoms with Gasteiger partial charge in [0.05, 0.1) is 5.67 Å². The average molecular weight is 293 g/mol. The van der Waals surface area contributed by atoms with Crippen molar-refractivity contribution in [2.75, 3.05) is 13.2 Å². The number of aryl methyl sites for hydroxylation is 1. The second-order valence-electron chi connectivity index (χ2n) is 4.82. The molecule has 1 aromatic rings. The quantitative estimate of drug-likeness (QED) is 0.516. The van der Waals surface area contributed by atoms with Crippen molar-refractivity contribution < 1.29 is 8.85 Å². The van der Waals surface area contributed by atoms with Gasteiger partial charge in [-0.15, -0.1) is 0 Å². The first-order valence-corrected chi connectivity index (χ1v) is 9.15. The van der Waals surface area contributed by atoms with Gasteiger partial charge in [-0.2, -0.15) is 0 Å². The Bertz CT molecular complexity index is 386. The van der Waals surface area contributed by atoms with E-state index in [2.05, 4.69) is 38.1 Å². The van der Waals surface area contributed by atoms with Gasteiger partial charge < -0.3 is 8.85 Å². The predicted octanol–water partition coefficient (Wildman–Crippen LogP) is 3.42. The van der Waals surface area contributed by atoms with Gasteiger partial charge in [0.25, 0.3) is 0 Å². The first kappa shape index (κ1) is 17.1. The molecule has 0 saturated carbocycles. The van der Waals surface area contributed by atoms with E-state index in [-0.39, 0.29) is 5.67 Å². The third-order valence-corrected chi connectivity index (χ3v) is 5.51. The molecule has 112 valence electrons. The minimum Gasteiger partial charge on any atom is -0.396 e. The number of hydrogen-bond donors (Lipinski definition) is 0.